The number of nitrogens with two attached hydrogens (primary N) is 1. The number of rotatable bonds is 5. The summed E-state index contributed by atoms with van der Waals surface area (Å²) in [5, 5.41) is 3.09. The van der Waals surface area contributed by atoms with Gasteiger partial charge in [-0.3, -0.25) is 0 Å². The predicted molar refractivity (Wildman–Crippen MR) is 77.6 cm³/mol. The number of hydrogen-bond donors (Lipinski definition) is 3. The van der Waals surface area contributed by atoms with Crippen molar-refractivity contribution in [2.75, 3.05) is 25.1 Å². The van der Waals surface area contributed by atoms with Crippen LogP contribution in [0.25, 0.3) is 0 Å². The molecule has 2 aromatic rings. The molecule has 0 spiro atoms. The number of para-hydroxylation sites is 1. The number of anilines is 2. The van der Waals surface area contributed by atoms with Crippen molar-refractivity contribution in [3.63, 3.8) is 0 Å². The molecule has 0 radical (unpaired) electrons. The number of nitrogens with zero attached hydrogens (tertiary/aromatic N) is 2. The van der Waals surface area contributed by atoms with Crippen LogP contribution in [0.2, 0.25) is 0 Å². The number of aromatic amines is 1. The van der Waals surface area contributed by atoms with Crippen LogP contribution < -0.4 is 11.1 Å². The molecule has 0 saturated carbocycles. The van der Waals surface area contributed by atoms with Gasteiger partial charge in [0.1, 0.15) is 4.90 Å². The number of imidazole rings is 1. The first-order chi connectivity index (χ1) is 9.43. The Morgan fingerprint density at radius 1 is 1.40 bits per heavy atom. The van der Waals surface area contributed by atoms with Crippen molar-refractivity contribution >= 4 is 21.4 Å². The highest BCUT2D eigenvalue weighted by atomic mass is 32.2. The fourth-order valence-corrected chi connectivity index (χ4v) is 2.72. The second-order valence-electron chi connectivity index (χ2n) is 4.44. The Morgan fingerprint density at radius 2 is 2.15 bits per heavy atom. The van der Waals surface area contributed by atoms with Crippen LogP contribution in [0.15, 0.2) is 35.6 Å². The Morgan fingerprint density at radius 3 is 2.75 bits per heavy atom. The van der Waals surface area contributed by atoms with Crippen molar-refractivity contribution in [3.05, 3.63) is 36.4 Å². The lowest BCUT2D eigenvalue weighted by Crippen LogP contribution is -2.23. The summed E-state index contributed by atoms with van der Waals surface area (Å²) in [5.74, 6) is 0. The van der Waals surface area contributed by atoms with Crippen molar-refractivity contribution in [3.8, 4) is 0 Å². The summed E-state index contributed by atoms with van der Waals surface area (Å²) in [5.41, 5.74) is 7.61. The molecule has 0 aliphatic rings. The van der Waals surface area contributed by atoms with Crippen LogP contribution >= 0.6 is 0 Å². The predicted octanol–water partition coefficient (Wildman–Crippen LogP) is 0.854. The van der Waals surface area contributed by atoms with Gasteiger partial charge in [-0.2, -0.15) is 0 Å². The second-order valence-corrected chi connectivity index (χ2v) is 6.56. The molecule has 0 fully saturated rings. The first kappa shape index (κ1) is 14.4. The number of nitrogens with one attached hydrogen (secondary N) is 2. The molecule has 4 N–H and O–H groups in total. The fraction of sp³-hybridized carbons (Fsp3) is 0.250. The van der Waals surface area contributed by atoms with Crippen LogP contribution in [-0.4, -0.2) is 36.8 Å². The monoisotopic (exact) mass is 295 g/mol. The van der Waals surface area contributed by atoms with Crippen molar-refractivity contribution in [1.29, 1.82) is 0 Å². The summed E-state index contributed by atoms with van der Waals surface area (Å²) in [7, 11) is -0.611. The van der Waals surface area contributed by atoms with E-state index in [1.165, 1.54) is 20.2 Å². The van der Waals surface area contributed by atoms with Crippen LogP contribution in [0.5, 0.6) is 0 Å². The minimum Gasteiger partial charge on any atom is -0.396 e. The highest BCUT2D eigenvalue weighted by Crippen LogP contribution is 2.28. The van der Waals surface area contributed by atoms with E-state index < -0.39 is 10.0 Å². The topological polar surface area (TPSA) is 104 Å². The van der Waals surface area contributed by atoms with Crippen molar-refractivity contribution in [2.24, 2.45) is 0 Å². The largest absolute Gasteiger partial charge is 0.396 e. The van der Waals surface area contributed by atoms with Gasteiger partial charge in [-0.1, -0.05) is 6.07 Å². The van der Waals surface area contributed by atoms with E-state index in [0.29, 0.717) is 12.2 Å². The summed E-state index contributed by atoms with van der Waals surface area (Å²) in [6.45, 7) is 0.482. The molecule has 0 atom stereocenters. The van der Waals surface area contributed by atoms with E-state index in [1.54, 1.807) is 24.7 Å². The minimum absolute atomic E-state index is 0.0945. The van der Waals surface area contributed by atoms with Gasteiger partial charge in [0.15, 0.2) is 0 Å². The summed E-state index contributed by atoms with van der Waals surface area (Å²) in [4.78, 5) is 6.95. The molecular formula is C12H17N5O2S. The molecule has 1 aromatic heterocycles. The van der Waals surface area contributed by atoms with Crippen LogP contribution in [-0.2, 0) is 16.6 Å². The van der Waals surface area contributed by atoms with Gasteiger partial charge in [0, 0.05) is 20.3 Å². The molecule has 108 valence electrons. The van der Waals surface area contributed by atoms with Gasteiger partial charge in [0.25, 0.3) is 0 Å². The van der Waals surface area contributed by atoms with Crippen molar-refractivity contribution < 1.29 is 8.42 Å². The van der Waals surface area contributed by atoms with Gasteiger partial charge in [0.2, 0.25) is 10.0 Å². The SMILES string of the molecule is CN(C)S(=O)(=O)c1cccc(NCc2cnc[nH]2)c1N. The van der Waals surface area contributed by atoms with Gasteiger partial charge in [-0.15, -0.1) is 0 Å². The minimum atomic E-state index is -3.55. The summed E-state index contributed by atoms with van der Waals surface area (Å²) in [6.07, 6.45) is 3.26. The van der Waals surface area contributed by atoms with Gasteiger partial charge in [-0.25, -0.2) is 17.7 Å². The average molecular weight is 295 g/mol. The maximum Gasteiger partial charge on any atom is 0.244 e. The number of H-pyrrole nitrogens is 1. The first-order valence-corrected chi connectivity index (χ1v) is 7.39. The summed E-state index contributed by atoms with van der Waals surface area (Å²) >= 11 is 0. The molecule has 0 amide bonds. The number of hydrogen-bond acceptors (Lipinski definition) is 5. The van der Waals surface area contributed by atoms with E-state index in [-0.39, 0.29) is 10.6 Å². The molecule has 1 aromatic carbocycles. The highest BCUT2D eigenvalue weighted by Gasteiger charge is 2.21. The van der Waals surface area contributed by atoms with E-state index in [2.05, 4.69) is 15.3 Å². The molecule has 8 heteroatoms. The maximum atomic E-state index is 12.1. The van der Waals surface area contributed by atoms with Crippen molar-refractivity contribution in [2.45, 2.75) is 11.4 Å². The normalized spacial score (nSPS) is 11.8. The molecule has 0 saturated heterocycles. The third kappa shape index (κ3) is 2.75. The molecule has 20 heavy (non-hydrogen) atoms. The molecule has 1 heterocycles. The van der Waals surface area contributed by atoms with Crippen LogP contribution in [0.4, 0.5) is 11.4 Å². The molecule has 0 aliphatic heterocycles. The van der Waals surface area contributed by atoms with Crippen molar-refractivity contribution in [1.82, 2.24) is 14.3 Å². The van der Waals surface area contributed by atoms with E-state index >= 15 is 0 Å². The number of sulfonamides is 1. The van der Waals surface area contributed by atoms with Crippen LogP contribution in [0, 0.1) is 0 Å². The third-order valence-electron chi connectivity index (χ3n) is 2.85. The number of nitrogen functional groups attached to an aromatic ring is 1. The van der Waals surface area contributed by atoms with E-state index in [9.17, 15) is 8.42 Å². The quantitative estimate of drug-likeness (QED) is 0.710. The molecular weight excluding hydrogens is 278 g/mol. The first-order valence-electron chi connectivity index (χ1n) is 5.95. The lowest BCUT2D eigenvalue weighted by Gasteiger charge is -2.16. The zero-order valence-corrected chi connectivity index (χ0v) is 12.1. The van der Waals surface area contributed by atoms with E-state index in [1.807, 2.05) is 0 Å². The maximum absolute atomic E-state index is 12.1. The Kier molecular flexibility index (Phi) is 3.96. The van der Waals surface area contributed by atoms with Crippen LogP contribution in [0.1, 0.15) is 5.69 Å². The number of aromatic nitrogens is 2. The zero-order chi connectivity index (χ0) is 14.8. The van der Waals surface area contributed by atoms with Gasteiger partial charge in [0.05, 0.1) is 29.9 Å². The van der Waals surface area contributed by atoms with Crippen LogP contribution in [0.3, 0.4) is 0 Å². The molecule has 2 rings (SSSR count). The standard InChI is InChI=1S/C12H17N5O2S/c1-17(2)20(18,19)11-5-3-4-10(12(11)13)15-7-9-6-14-8-16-9/h3-6,8,15H,7,13H2,1-2H3,(H,14,16). The molecule has 0 unspecified atom stereocenters. The Bertz CT molecular complexity index is 680. The summed E-state index contributed by atoms with van der Waals surface area (Å²) < 4.78 is 25.4. The Labute approximate surface area is 117 Å². The van der Waals surface area contributed by atoms with Gasteiger partial charge < -0.3 is 16.0 Å². The number of benzene rings is 1. The lowest BCUT2D eigenvalue weighted by atomic mass is 10.2. The second kappa shape index (κ2) is 5.51. The zero-order valence-electron chi connectivity index (χ0n) is 11.3. The summed E-state index contributed by atoms with van der Waals surface area (Å²) in [6, 6.07) is 4.88. The van der Waals surface area contributed by atoms with Gasteiger partial charge in [-0.05, 0) is 12.1 Å². The lowest BCUT2D eigenvalue weighted by molar-refractivity contribution is 0.521. The van der Waals surface area contributed by atoms with E-state index in [0.717, 1.165) is 10.00 Å². The highest BCUT2D eigenvalue weighted by molar-refractivity contribution is 7.89. The van der Waals surface area contributed by atoms with Gasteiger partial charge >= 0.3 is 0 Å². The molecule has 0 aliphatic carbocycles. The molecule has 7 nitrogen and oxygen atoms in total. The smallest absolute Gasteiger partial charge is 0.244 e. The Hall–Kier alpha value is -2.06. The Balaban J connectivity index is 2.28. The third-order valence-corrected chi connectivity index (χ3v) is 4.72. The van der Waals surface area contributed by atoms with E-state index in [4.69, 9.17) is 5.73 Å². The fourth-order valence-electron chi connectivity index (χ4n) is 1.69. The average Bonchev–Trinajstić information content (AvgIpc) is 2.90. The molecule has 0 bridgehead atoms.